The average Bonchev–Trinajstić information content (AvgIpc) is 3.03. The van der Waals surface area contributed by atoms with E-state index in [1.165, 1.54) is 6.26 Å². The Morgan fingerprint density at radius 3 is 2.48 bits per heavy atom. The largest absolute Gasteiger partial charge is 0.459 e. The van der Waals surface area contributed by atoms with Crippen LogP contribution in [-0.2, 0) is 4.79 Å². The van der Waals surface area contributed by atoms with Gasteiger partial charge in [-0.25, -0.2) is 0 Å². The normalized spacial score (nSPS) is 16.5. The number of hydrogen-bond acceptors (Lipinski definition) is 4. The summed E-state index contributed by atoms with van der Waals surface area (Å²) in [5.74, 6) is -0.628. The van der Waals surface area contributed by atoms with Gasteiger partial charge in [-0.05, 0) is 30.9 Å². The van der Waals surface area contributed by atoms with E-state index in [-0.39, 0.29) is 30.0 Å². The van der Waals surface area contributed by atoms with Gasteiger partial charge in [-0.1, -0.05) is 34.1 Å². The monoisotopic (exact) mass is 324 g/mol. The summed E-state index contributed by atoms with van der Waals surface area (Å²) in [5, 5.41) is 15.8. The second-order valence-corrected chi connectivity index (χ2v) is 6.56. The quantitative estimate of drug-likeness (QED) is 0.681. The molecule has 1 aromatic rings. The molecule has 6 nitrogen and oxygen atoms in total. The van der Waals surface area contributed by atoms with E-state index in [1.54, 1.807) is 19.1 Å². The lowest BCUT2D eigenvalue weighted by Crippen LogP contribution is -2.53. The smallest absolute Gasteiger partial charge is 0.287 e. The summed E-state index contributed by atoms with van der Waals surface area (Å²) in [4.78, 5) is 24.4. The van der Waals surface area contributed by atoms with Gasteiger partial charge in [0.05, 0.1) is 11.9 Å². The lowest BCUT2D eigenvalue weighted by molar-refractivity contribution is -0.125. The van der Waals surface area contributed by atoms with E-state index in [4.69, 9.17) is 4.42 Å². The molecule has 130 valence electrons. The van der Waals surface area contributed by atoms with E-state index in [2.05, 4.69) is 10.6 Å². The van der Waals surface area contributed by atoms with Gasteiger partial charge in [0.2, 0.25) is 5.91 Å². The van der Waals surface area contributed by atoms with Crippen molar-refractivity contribution in [2.75, 3.05) is 6.54 Å². The third-order valence-electron chi connectivity index (χ3n) is 4.28. The first-order valence-corrected chi connectivity index (χ1v) is 8.03. The molecule has 6 heteroatoms. The fourth-order valence-corrected chi connectivity index (χ4v) is 2.15. The number of amides is 2. The van der Waals surface area contributed by atoms with Crippen LogP contribution in [0.1, 0.15) is 51.6 Å². The maximum Gasteiger partial charge on any atom is 0.287 e. The van der Waals surface area contributed by atoms with Crippen molar-refractivity contribution in [2.45, 2.75) is 52.7 Å². The van der Waals surface area contributed by atoms with Crippen molar-refractivity contribution >= 4 is 11.8 Å². The molecule has 0 radical (unpaired) electrons. The van der Waals surface area contributed by atoms with Gasteiger partial charge < -0.3 is 20.2 Å². The van der Waals surface area contributed by atoms with Crippen LogP contribution in [-0.4, -0.2) is 35.1 Å². The van der Waals surface area contributed by atoms with Crippen LogP contribution in [0.3, 0.4) is 0 Å². The van der Waals surface area contributed by atoms with Crippen molar-refractivity contribution in [1.82, 2.24) is 10.6 Å². The van der Waals surface area contributed by atoms with E-state index >= 15 is 0 Å². The van der Waals surface area contributed by atoms with Crippen molar-refractivity contribution in [3.63, 3.8) is 0 Å². The maximum atomic E-state index is 12.4. The number of furan rings is 1. The number of hydrogen-bond donors (Lipinski definition) is 3. The molecule has 1 aromatic heterocycles. The summed E-state index contributed by atoms with van der Waals surface area (Å²) in [5.41, 5.74) is -0.989. The summed E-state index contributed by atoms with van der Waals surface area (Å²) < 4.78 is 5.03. The van der Waals surface area contributed by atoms with Gasteiger partial charge in [0.25, 0.3) is 5.91 Å². The SMILES string of the molecule is CCC(C)C(C)(O)CNC(=O)C(NC(=O)c1ccco1)C(C)C. The molecule has 0 aliphatic rings. The van der Waals surface area contributed by atoms with E-state index < -0.39 is 17.6 Å². The van der Waals surface area contributed by atoms with Crippen LogP contribution in [0.4, 0.5) is 0 Å². The predicted molar refractivity (Wildman–Crippen MR) is 87.9 cm³/mol. The van der Waals surface area contributed by atoms with Gasteiger partial charge in [-0.2, -0.15) is 0 Å². The van der Waals surface area contributed by atoms with Gasteiger partial charge in [-0.3, -0.25) is 9.59 Å². The van der Waals surface area contributed by atoms with Crippen LogP contribution in [0.5, 0.6) is 0 Å². The molecular formula is C17H28N2O4. The summed E-state index contributed by atoms with van der Waals surface area (Å²) in [6.45, 7) is 9.46. The lowest BCUT2D eigenvalue weighted by atomic mass is 9.88. The van der Waals surface area contributed by atoms with E-state index in [9.17, 15) is 14.7 Å². The molecule has 3 atom stereocenters. The molecular weight excluding hydrogens is 296 g/mol. The van der Waals surface area contributed by atoms with E-state index in [1.807, 2.05) is 27.7 Å². The first-order valence-electron chi connectivity index (χ1n) is 8.03. The molecule has 0 saturated heterocycles. The second kappa shape index (κ2) is 8.15. The summed E-state index contributed by atoms with van der Waals surface area (Å²) in [7, 11) is 0. The highest BCUT2D eigenvalue weighted by Gasteiger charge is 2.30. The minimum Gasteiger partial charge on any atom is -0.459 e. The minimum atomic E-state index is -0.989. The van der Waals surface area contributed by atoms with E-state index in [0.717, 1.165) is 6.42 Å². The zero-order chi connectivity index (χ0) is 17.6. The van der Waals surface area contributed by atoms with Crippen molar-refractivity contribution in [1.29, 1.82) is 0 Å². The highest BCUT2D eigenvalue weighted by atomic mass is 16.3. The Morgan fingerprint density at radius 2 is 2.00 bits per heavy atom. The maximum absolute atomic E-state index is 12.4. The Kier molecular flexibility index (Phi) is 6.81. The molecule has 0 spiro atoms. The predicted octanol–water partition coefficient (Wildman–Crippen LogP) is 1.95. The van der Waals surface area contributed by atoms with Gasteiger partial charge >= 0.3 is 0 Å². The topological polar surface area (TPSA) is 91.6 Å². The molecule has 23 heavy (non-hydrogen) atoms. The molecule has 0 aromatic carbocycles. The number of rotatable bonds is 8. The van der Waals surface area contributed by atoms with E-state index in [0.29, 0.717) is 0 Å². The summed E-state index contributed by atoms with van der Waals surface area (Å²) in [6.07, 6.45) is 2.22. The van der Waals surface area contributed by atoms with Gasteiger partial charge in [0.1, 0.15) is 6.04 Å². The summed E-state index contributed by atoms with van der Waals surface area (Å²) in [6, 6.07) is 2.46. The molecule has 0 saturated carbocycles. The van der Waals surface area contributed by atoms with Crippen molar-refractivity contribution < 1.29 is 19.1 Å². The number of nitrogens with one attached hydrogen (secondary N) is 2. The molecule has 0 fully saturated rings. The fraction of sp³-hybridized carbons (Fsp3) is 0.647. The Hall–Kier alpha value is -1.82. The van der Waals surface area contributed by atoms with Crippen molar-refractivity contribution in [2.24, 2.45) is 11.8 Å². The lowest BCUT2D eigenvalue weighted by Gasteiger charge is -2.31. The highest BCUT2D eigenvalue weighted by Crippen LogP contribution is 2.19. The molecule has 1 rings (SSSR count). The minimum absolute atomic E-state index is 0.0537. The first-order chi connectivity index (χ1) is 10.7. The Bertz CT molecular complexity index is 509. The van der Waals surface area contributed by atoms with Crippen LogP contribution in [0, 0.1) is 11.8 Å². The number of carbonyl (C=O) groups excluding carboxylic acids is 2. The average molecular weight is 324 g/mol. The van der Waals surface area contributed by atoms with Crippen LogP contribution in [0.2, 0.25) is 0 Å². The van der Waals surface area contributed by atoms with Crippen LogP contribution < -0.4 is 10.6 Å². The molecule has 3 unspecified atom stereocenters. The zero-order valence-corrected chi connectivity index (χ0v) is 14.6. The number of carbonyl (C=O) groups is 2. The molecule has 0 aliphatic carbocycles. The van der Waals surface area contributed by atoms with Crippen LogP contribution >= 0.6 is 0 Å². The third kappa shape index (κ3) is 5.39. The number of aliphatic hydroxyl groups is 1. The van der Waals surface area contributed by atoms with Crippen LogP contribution in [0.25, 0.3) is 0 Å². The van der Waals surface area contributed by atoms with Gasteiger partial charge in [-0.15, -0.1) is 0 Å². The van der Waals surface area contributed by atoms with Crippen LogP contribution in [0.15, 0.2) is 22.8 Å². The first kappa shape index (κ1) is 19.2. The zero-order valence-electron chi connectivity index (χ0n) is 14.6. The third-order valence-corrected chi connectivity index (χ3v) is 4.28. The Morgan fingerprint density at radius 1 is 1.35 bits per heavy atom. The second-order valence-electron chi connectivity index (χ2n) is 6.56. The standard InChI is InChI=1S/C17H28N2O4/c1-6-12(4)17(5,22)10-18-16(21)14(11(2)3)19-15(20)13-8-7-9-23-13/h7-9,11-12,14,22H,6,10H2,1-5H3,(H,18,21)(H,19,20). The molecule has 0 bridgehead atoms. The molecule has 0 aliphatic heterocycles. The highest BCUT2D eigenvalue weighted by molar-refractivity contribution is 5.95. The Balaban J connectivity index is 2.67. The molecule has 1 heterocycles. The molecule has 3 N–H and O–H groups in total. The molecule has 2 amide bonds. The van der Waals surface area contributed by atoms with Gasteiger partial charge in [0.15, 0.2) is 5.76 Å². The summed E-state index contributed by atoms with van der Waals surface area (Å²) >= 11 is 0. The van der Waals surface area contributed by atoms with Crippen molar-refractivity contribution in [3.05, 3.63) is 24.2 Å². The Labute approximate surface area is 137 Å². The fourth-order valence-electron chi connectivity index (χ4n) is 2.15. The van der Waals surface area contributed by atoms with Crippen molar-refractivity contribution in [3.8, 4) is 0 Å². The van der Waals surface area contributed by atoms with Gasteiger partial charge in [0, 0.05) is 6.54 Å².